The van der Waals surface area contributed by atoms with Crippen molar-refractivity contribution in [2.75, 3.05) is 13.2 Å². The Kier molecular flexibility index (Phi) is 7.75. The zero-order valence-corrected chi connectivity index (χ0v) is 12.7. The minimum absolute atomic E-state index is 0.0464. The summed E-state index contributed by atoms with van der Waals surface area (Å²) in [4.78, 5) is 11.8. The first-order chi connectivity index (χ1) is 10.1. The maximum atomic E-state index is 13.3. The van der Waals surface area contributed by atoms with Gasteiger partial charge in [-0.05, 0) is 31.5 Å². The molecule has 0 spiro atoms. The Labute approximate surface area is 125 Å². The van der Waals surface area contributed by atoms with E-state index in [1.165, 1.54) is 0 Å². The van der Waals surface area contributed by atoms with E-state index in [2.05, 4.69) is 0 Å². The van der Waals surface area contributed by atoms with E-state index in [-0.39, 0.29) is 25.3 Å². The number of ether oxygens (including phenoxy) is 2. The van der Waals surface area contributed by atoms with Gasteiger partial charge in [-0.3, -0.25) is 4.79 Å². The highest BCUT2D eigenvalue weighted by Crippen LogP contribution is 2.29. The highest BCUT2D eigenvalue weighted by atomic mass is 19.1. The lowest BCUT2D eigenvalue weighted by Crippen LogP contribution is -2.21. The molecule has 0 fully saturated rings. The Balaban J connectivity index is 2.72. The van der Waals surface area contributed by atoms with E-state index in [0.29, 0.717) is 18.8 Å². The lowest BCUT2D eigenvalue weighted by Gasteiger charge is -2.19. The largest absolute Gasteiger partial charge is 0.494 e. The number of rotatable bonds is 9. The van der Waals surface area contributed by atoms with Crippen LogP contribution in [0, 0.1) is 0 Å². The minimum atomic E-state index is -1.54. The van der Waals surface area contributed by atoms with Gasteiger partial charge in [-0.25, -0.2) is 4.39 Å². The maximum absolute atomic E-state index is 13.3. The van der Waals surface area contributed by atoms with Crippen LogP contribution in [0.3, 0.4) is 0 Å². The summed E-state index contributed by atoms with van der Waals surface area (Å²) in [6.45, 7) is 4.52. The number of nitrogens with two attached hydrogens (primary N) is 1. The molecule has 0 saturated heterocycles. The first-order valence-corrected chi connectivity index (χ1v) is 7.37. The third-order valence-electron chi connectivity index (χ3n) is 3.13. The number of carbonyl (C=O) groups is 1. The molecule has 118 valence electrons. The van der Waals surface area contributed by atoms with Crippen LogP contribution >= 0.6 is 0 Å². The van der Waals surface area contributed by atoms with Crippen molar-refractivity contribution in [3.05, 3.63) is 29.8 Å². The van der Waals surface area contributed by atoms with Gasteiger partial charge >= 0.3 is 5.97 Å². The molecule has 1 rings (SSSR count). The highest BCUT2D eigenvalue weighted by molar-refractivity contribution is 5.71. The Morgan fingerprint density at radius 3 is 2.67 bits per heavy atom. The molecule has 0 amide bonds. The molecular formula is C16H24FNO3. The fraction of sp³-hybridized carbons (Fsp3) is 0.562. The summed E-state index contributed by atoms with van der Waals surface area (Å²) in [6.07, 6.45) is -0.649. The average molecular weight is 297 g/mol. The Morgan fingerprint density at radius 2 is 2.05 bits per heavy atom. The van der Waals surface area contributed by atoms with Crippen molar-refractivity contribution in [2.24, 2.45) is 5.73 Å². The van der Waals surface area contributed by atoms with Crippen LogP contribution in [0.1, 0.15) is 44.6 Å². The maximum Gasteiger partial charge on any atom is 0.308 e. The SMILES string of the molecule is CCCC(F)OC(=O)CC(CN)c1ccccc1OCC. The van der Waals surface area contributed by atoms with Crippen molar-refractivity contribution in [1.29, 1.82) is 0 Å². The van der Waals surface area contributed by atoms with Crippen molar-refractivity contribution in [3.8, 4) is 5.75 Å². The van der Waals surface area contributed by atoms with Gasteiger partial charge in [0.2, 0.25) is 6.36 Å². The van der Waals surface area contributed by atoms with Crippen molar-refractivity contribution < 1.29 is 18.7 Å². The van der Waals surface area contributed by atoms with Crippen LogP contribution in [-0.2, 0) is 9.53 Å². The molecule has 2 unspecified atom stereocenters. The molecule has 1 aromatic carbocycles. The number of alkyl halides is 1. The van der Waals surface area contributed by atoms with Gasteiger partial charge < -0.3 is 15.2 Å². The Hall–Kier alpha value is -1.62. The molecule has 2 N–H and O–H groups in total. The van der Waals surface area contributed by atoms with Crippen LogP contribution in [0.25, 0.3) is 0 Å². The molecule has 21 heavy (non-hydrogen) atoms. The predicted molar refractivity (Wildman–Crippen MR) is 79.9 cm³/mol. The van der Waals surface area contributed by atoms with Crippen LogP contribution in [0.2, 0.25) is 0 Å². The van der Waals surface area contributed by atoms with Gasteiger partial charge in [0, 0.05) is 12.3 Å². The second kappa shape index (κ2) is 9.34. The molecule has 1 aromatic rings. The molecule has 0 bridgehead atoms. The van der Waals surface area contributed by atoms with Crippen molar-refractivity contribution in [2.45, 2.75) is 45.4 Å². The summed E-state index contributed by atoms with van der Waals surface area (Å²) in [7, 11) is 0. The molecule has 0 aliphatic rings. The quantitative estimate of drug-likeness (QED) is 0.711. The minimum Gasteiger partial charge on any atom is -0.494 e. The average Bonchev–Trinajstić information content (AvgIpc) is 2.46. The van der Waals surface area contributed by atoms with E-state index in [1.54, 1.807) is 0 Å². The standard InChI is InChI=1S/C16H24FNO3/c1-3-7-15(17)21-16(19)10-12(11-18)13-8-5-6-9-14(13)20-4-2/h5-6,8-9,12,15H,3-4,7,10-11,18H2,1-2H3. The van der Waals surface area contributed by atoms with Crippen LogP contribution in [0.15, 0.2) is 24.3 Å². The Morgan fingerprint density at radius 1 is 1.33 bits per heavy atom. The third kappa shape index (κ3) is 5.71. The molecule has 0 aromatic heterocycles. The molecule has 0 heterocycles. The molecule has 0 aliphatic heterocycles. The third-order valence-corrected chi connectivity index (χ3v) is 3.13. The van der Waals surface area contributed by atoms with Gasteiger partial charge in [0.1, 0.15) is 5.75 Å². The Bertz CT molecular complexity index is 439. The number of esters is 1. The number of halogens is 1. The summed E-state index contributed by atoms with van der Waals surface area (Å²) < 4.78 is 23.6. The second-order valence-corrected chi connectivity index (χ2v) is 4.80. The van der Waals surface area contributed by atoms with E-state index in [1.807, 2.05) is 38.1 Å². The first-order valence-electron chi connectivity index (χ1n) is 7.37. The summed E-state index contributed by atoms with van der Waals surface area (Å²) in [5.74, 6) is -0.111. The zero-order chi connectivity index (χ0) is 15.7. The molecule has 0 aliphatic carbocycles. The topological polar surface area (TPSA) is 61.5 Å². The fourth-order valence-electron chi connectivity index (χ4n) is 2.10. The van der Waals surface area contributed by atoms with Gasteiger partial charge in [-0.2, -0.15) is 0 Å². The van der Waals surface area contributed by atoms with E-state index < -0.39 is 12.3 Å². The lowest BCUT2D eigenvalue weighted by atomic mass is 9.95. The molecule has 0 radical (unpaired) electrons. The number of benzene rings is 1. The predicted octanol–water partition coefficient (Wildman–Crippen LogP) is 3.16. The van der Waals surface area contributed by atoms with Crippen molar-refractivity contribution in [1.82, 2.24) is 0 Å². The summed E-state index contributed by atoms with van der Waals surface area (Å²) in [5.41, 5.74) is 6.60. The van der Waals surface area contributed by atoms with Crippen molar-refractivity contribution in [3.63, 3.8) is 0 Å². The number of hydrogen-bond acceptors (Lipinski definition) is 4. The van der Waals surface area contributed by atoms with Gasteiger partial charge in [-0.15, -0.1) is 0 Å². The van der Waals surface area contributed by atoms with Crippen LogP contribution in [0.5, 0.6) is 5.75 Å². The number of para-hydroxylation sites is 1. The first kappa shape index (κ1) is 17.4. The molecule has 2 atom stereocenters. The number of hydrogen-bond donors (Lipinski definition) is 1. The van der Waals surface area contributed by atoms with E-state index in [0.717, 1.165) is 5.56 Å². The molecule has 0 saturated carbocycles. The van der Waals surface area contributed by atoms with Crippen molar-refractivity contribution >= 4 is 5.97 Å². The van der Waals surface area contributed by atoms with Crippen LogP contribution in [-0.4, -0.2) is 25.5 Å². The van der Waals surface area contributed by atoms with Gasteiger partial charge in [0.05, 0.1) is 13.0 Å². The monoisotopic (exact) mass is 297 g/mol. The zero-order valence-electron chi connectivity index (χ0n) is 12.7. The van der Waals surface area contributed by atoms with E-state index >= 15 is 0 Å². The normalized spacial score (nSPS) is 13.5. The highest BCUT2D eigenvalue weighted by Gasteiger charge is 2.21. The molecule has 4 nitrogen and oxygen atoms in total. The van der Waals surface area contributed by atoms with Gasteiger partial charge in [-0.1, -0.05) is 25.1 Å². The lowest BCUT2D eigenvalue weighted by molar-refractivity contribution is -0.158. The molecule has 5 heteroatoms. The van der Waals surface area contributed by atoms with Crippen LogP contribution in [0.4, 0.5) is 4.39 Å². The molecular weight excluding hydrogens is 273 g/mol. The summed E-state index contributed by atoms with van der Waals surface area (Å²) in [5, 5.41) is 0. The van der Waals surface area contributed by atoms with Gasteiger partial charge in [0.15, 0.2) is 0 Å². The number of carbonyl (C=O) groups excluding carboxylic acids is 1. The fourth-order valence-corrected chi connectivity index (χ4v) is 2.10. The van der Waals surface area contributed by atoms with Gasteiger partial charge in [0.25, 0.3) is 0 Å². The van der Waals surface area contributed by atoms with E-state index in [4.69, 9.17) is 15.2 Å². The van der Waals surface area contributed by atoms with E-state index in [9.17, 15) is 9.18 Å². The smallest absolute Gasteiger partial charge is 0.308 e. The second-order valence-electron chi connectivity index (χ2n) is 4.80. The summed E-state index contributed by atoms with van der Waals surface area (Å²) in [6, 6.07) is 7.43. The van der Waals surface area contributed by atoms with Crippen LogP contribution < -0.4 is 10.5 Å². The summed E-state index contributed by atoms with van der Waals surface area (Å²) >= 11 is 0.